The Hall–Kier alpha value is -1.50. The third kappa shape index (κ3) is 4.10. The molecule has 7 heteroatoms. The van der Waals surface area contributed by atoms with Crippen LogP contribution in [0.3, 0.4) is 0 Å². The van der Waals surface area contributed by atoms with Gasteiger partial charge >= 0.3 is 5.97 Å². The third-order valence-corrected chi connectivity index (χ3v) is 3.08. The summed E-state index contributed by atoms with van der Waals surface area (Å²) in [4.78, 5) is 28.7. The molecule has 0 aliphatic carbocycles. The number of aromatic nitrogens is 2. The second-order valence-corrected chi connectivity index (χ2v) is 5.37. The second-order valence-electron chi connectivity index (χ2n) is 3.81. The topological polar surface area (TPSA) is 109 Å². The van der Waals surface area contributed by atoms with Crippen LogP contribution in [0.25, 0.3) is 0 Å². The molecule has 1 rings (SSSR count). The van der Waals surface area contributed by atoms with Crippen LogP contribution in [-0.4, -0.2) is 26.3 Å². The molecular formula is C10H15N3O3S. The van der Waals surface area contributed by atoms with E-state index in [0.29, 0.717) is 16.8 Å². The fourth-order valence-electron chi connectivity index (χ4n) is 1.20. The number of H-pyrrole nitrogens is 1. The number of rotatable bonds is 5. The Morgan fingerprint density at radius 1 is 1.59 bits per heavy atom. The molecule has 0 aromatic carbocycles. The first-order chi connectivity index (χ1) is 7.90. The molecule has 0 radical (unpaired) electrons. The number of hydrogen-bond donors (Lipinski definition) is 3. The van der Waals surface area contributed by atoms with Gasteiger partial charge in [-0.1, -0.05) is 13.8 Å². The Morgan fingerprint density at radius 3 is 2.71 bits per heavy atom. The maximum absolute atomic E-state index is 11.6. The van der Waals surface area contributed by atoms with Gasteiger partial charge in [0.1, 0.15) is 11.6 Å². The lowest BCUT2D eigenvalue weighted by molar-refractivity contribution is -0.136. The minimum Gasteiger partial charge on any atom is -0.481 e. The van der Waals surface area contributed by atoms with Crippen molar-refractivity contribution in [2.45, 2.75) is 31.3 Å². The molecule has 0 atom stereocenters. The highest BCUT2D eigenvalue weighted by Gasteiger charge is 2.12. The molecule has 17 heavy (non-hydrogen) atoms. The predicted molar refractivity (Wildman–Crippen MR) is 67.0 cm³/mol. The van der Waals surface area contributed by atoms with Gasteiger partial charge in [0.05, 0.1) is 17.7 Å². The average molecular weight is 257 g/mol. The summed E-state index contributed by atoms with van der Waals surface area (Å²) in [5.41, 5.74) is 5.11. The molecular weight excluding hydrogens is 242 g/mol. The summed E-state index contributed by atoms with van der Waals surface area (Å²) >= 11 is 1.62. The monoisotopic (exact) mass is 257 g/mol. The van der Waals surface area contributed by atoms with E-state index in [1.807, 2.05) is 13.8 Å². The van der Waals surface area contributed by atoms with Crippen molar-refractivity contribution in [3.05, 3.63) is 21.7 Å². The van der Waals surface area contributed by atoms with Crippen LogP contribution >= 0.6 is 11.8 Å². The van der Waals surface area contributed by atoms with Gasteiger partial charge in [-0.3, -0.25) is 9.59 Å². The number of thioether (sulfide) groups is 1. The molecule has 0 fully saturated rings. The average Bonchev–Trinajstić information content (AvgIpc) is 2.20. The van der Waals surface area contributed by atoms with Crippen LogP contribution in [0.5, 0.6) is 0 Å². The highest BCUT2D eigenvalue weighted by molar-refractivity contribution is 7.99. The second kappa shape index (κ2) is 5.72. The summed E-state index contributed by atoms with van der Waals surface area (Å²) < 4.78 is 0. The van der Waals surface area contributed by atoms with Crippen LogP contribution < -0.4 is 11.3 Å². The molecule has 0 aliphatic rings. The Balaban J connectivity index is 2.93. The summed E-state index contributed by atoms with van der Waals surface area (Å²) in [6, 6.07) is 0. The fraction of sp³-hybridized carbons (Fsp3) is 0.500. The van der Waals surface area contributed by atoms with Gasteiger partial charge in [-0.25, -0.2) is 4.98 Å². The molecule has 0 saturated carbocycles. The maximum Gasteiger partial charge on any atom is 0.308 e. The van der Waals surface area contributed by atoms with Crippen molar-refractivity contribution in [2.75, 3.05) is 5.73 Å². The summed E-state index contributed by atoms with van der Waals surface area (Å²) in [5, 5.41) is 9.04. The zero-order chi connectivity index (χ0) is 13.0. The van der Waals surface area contributed by atoms with Gasteiger partial charge in [0.15, 0.2) is 0 Å². The summed E-state index contributed by atoms with van der Waals surface area (Å²) in [5.74, 6) is -0.0890. The van der Waals surface area contributed by atoms with Crippen LogP contribution in [0.2, 0.25) is 0 Å². The van der Waals surface area contributed by atoms with E-state index in [-0.39, 0.29) is 11.4 Å². The van der Waals surface area contributed by atoms with Crippen molar-refractivity contribution in [1.29, 1.82) is 0 Å². The SMILES string of the molecule is CC(C)SCc1nc(N)c(CC(=O)O)c(=O)[nH]1. The van der Waals surface area contributed by atoms with Crippen molar-refractivity contribution in [3.63, 3.8) is 0 Å². The van der Waals surface area contributed by atoms with Gasteiger partial charge in [0.25, 0.3) is 5.56 Å². The standard InChI is InChI=1S/C10H15N3O3S/c1-5(2)17-4-7-12-9(11)6(3-8(14)15)10(16)13-7/h5H,3-4H2,1-2H3,(H,14,15)(H3,11,12,13,16). The number of nitrogens with two attached hydrogens (primary N) is 1. The van der Waals surface area contributed by atoms with Crippen LogP contribution in [0, 0.1) is 0 Å². The molecule has 0 spiro atoms. The number of aromatic amines is 1. The number of aliphatic carboxylic acids is 1. The number of carbonyl (C=O) groups is 1. The zero-order valence-electron chi connectivity index (χ0n) is 9.69. The van der Waals surface area contributed by atoms with E-state index in [4.69, 9.17) is 10.8 Å². The number of carboxylic acid groups (broad SMARTS) is 1. The van der Waals surface area contributed by atoms with Crippen molar-refractivity contribution in [1.82, 2.24) is 9.97 Å². The summed E-state index contributed by atoms with van der Waals surface area (Å²) in [6.45, 7) is 4.07. The van der Waals surface area contributed by atoms with E-state index in [1.54, 1.807) is 11.8 Å². The lowest BCUT2D eigenvalue weighted by atomic mass is 10.2. The smallest absolute Gasteiger partial charge is 0.308 e. The Kier molecular flexibility index (Phi) is 4.56. The quantitative estimate of drug-likeness (QED) is 0.713. The normalized spacial score (nSPS) is 10.8. The molecule has 0 amide bonds. The largest absolute Gasteiger partial charge is 0.481 e. The third-order valence-electron chi connectivity index (χ3n) is 1.98. The van der Waals surface area contributed by atoms with E-state index in [9.17, 15) is 9.59 Å². The highest BCUT2D eigenvalue weighted by Crippen LogP contribution is 2.15. The van der Waals surface area contributed by atoms with E-state index < -0.39 is 17.9 Å². The number of nitrogens with one attached hydrogen (secondary N) is 1. The molecule has 0 aliphatic heterocycles. The van der Waals surface area contributed by atoms with Gasteiger partial charge in [0, 0.05) is 0 Å². The zero-order valence-corrected chi connectivity index (χ0v) is 10.5. The first kappa shape index (κ1) is 13.6. The minimum absolute atomic E-state index is 0.00416. The first-order valence-corrected chi connectivity index (χ1v) is 6.16. The highest BCUT2D eigenvalue weighted by atomic mass is 32.2. The van der Waals surface area contributed by atoms with Crippen LogP contribution in [0.4, 0.5) is 5.82 Å². The molecule has 0 saturated heterocycles. The van der Waals surface area contributed by atoms with E-state index in [1.165, 1.54) is 0 Å². The van der Waals surface area contributed by atoms with Gasteiger partial charge < -0.3 is 15.8 Å². The van der Waals surface area contributed by atoms with Crippen LogP contribution in [0.15, 0.2) is 4.79 Å². The molecule has 4 N–H and O–H groups in total. The lowest BCUT2D eigenvalue weighted by Crippen LogP contribution is -2.22. The van der Waals surface area contributed by atoms with Crippen LogP contribution in [0.1, 0.15) is 25.2 Å². The van der Waals surface area contributed by atoms with E-state index in [0.717, 1.165) is 0 Å². The number of carboxylic acids is 1. The Bertz CT molecular complexity index is 470. The number of nitrogens with zero attached hydrogens (tertiary/aromatic N) is 1. The molecule has 1 aromatic rings. The van der Waals surface area contributed by atoms with Crippen molar-refractivity contribution >= 4 is 23.5 Å². The maximum atomic E-state index is 11.6. The van der Waals surface area contributed by atoms with Crippen molar-refractivity contribution < 1.29 is 9.90 Å². The molecule has 0 bridgehead atoms. The van der Waals surface area contributed by atoms with E-state index >= 15 is 0 Å². The van der Waals surface area contributed by atoms with Crippen LogP contribution in [-0.2, 0) is 17.0 Å². The molecule has 1 heterocycles. The van der Waals surface area contributed by atoms with Crippen molar-refractivity contribution in [2.24, 2.45) is 0 Å². The molecule has 1 aromatic heterocycles. The van der Waals surface area contributed by atoms with Gasteiger partial charge in [-0.05, 0) is 5.25 Å². The van der Waals surface area contributed by atoms with Gasteiger partial charge in [-0.15, -0.1) is 0 Å². The molecule has 6 nitrogen and oxygen atoms in total. The van der Waals surface area contributed by atoms with Crippen molar-refractivity contribution in [3.8, 4) is 0 Å². The molecule has 0 unspecified atom stereocenters. The minimum atomic E-state index is -1.10. The van der Waals surface area contributed by atoms with Gasteiger partial charge in [0.2, 0.25) is 0 Å². The first-order valence-electron chi connectivity index (χ1n) is 5.11. The number of anilines is 1. The summed E-state index contributed by atoms with van der Waals surface area (Å²) in [7, 11) is 0. The van der Waals surface area contributed by atoms with E-state index in [2.05, 4.69) is 9.97 Å². The molecule has 94 valence electrons. The predicted octanol–water partition coefficient (Wildman–Crippen LogP) is 0.621. The fourth-order valence-corrected chi connectivity index (χ4v) is 1.83. The Morgan fingerprint density at radius 2 is 2.24 bits per heavy atom. The number of nitrogen functional groups attached to an aromatic ring is 1. The number of hydrogen-bond acceptors (Lipinski definition) is 5. The summed E-state index contributed by atoms with van der Waals surface area (Å²) in [6.07, 6.45) is -0.411. The lowest BCUT2D eigenvalue weighted by Gasteiger charge is -2.06. The Labute approximate surface area is 103 Å². The van der Waals surface area contributed by atoms with Gasteiger partial charge in [-0.2, -0.15) is 11.8 Å².